The zero-order valence-electron chi connectivity index (χ0n) is 12.8. The van der Waals surface area contributed by atoms with E-state index in [1.165, 1.54) is 16.7 Å². The first-order valence-electron chi connectivity index (χ1n) is 7.17. The highest BCUT2D eigenvalue weighted by Gasteiger charge is 2.15. The molecule has 0 fully saturated rings. The smallest absolute Gasteiger partial charge is 0.122 e. The molecule has 0 amide bonds. The summed E-state index contributed by atoms with van der Waals surface area (Å²) >= 11 is 3.55. The molecule has 3 heteroatoms. The van der Waals surface area contributed by atoms with Gasteiger partial charge in [-0.2, -0.15) is 0 Å². The maximum Gasteiger partial charge on any atom is 0.122 e. The fraction of sp³-hybridized carbons (Fsp3) is 0.333. The summed E-state index contributed by atoms with van der Waals surface area (Å²) < 4.78 is 6.59. The summed E-state index contributed by atoms with van der Waals surface area (Å²) in [5.41, 5.74) is 3.90. The second kappa shape index (κ2) is 7.62. The predicted octanol–water partition coefficient (Wildman–Crippen LogP) is 4.31. The van der Waals surface area contributed by atoms with Gasteiger partial charge >= 0.3 is 0 Å². The number of halogens is 1. The number of ether oxygens (including phenoxy) is 1. The molecule has 0 saturated carbocycles. The van der Waals surface area contributed by atoms with Crippen LogP contribution in [-0.2, 0) is 6.42 Å². The van der Waals surface area contributed by atoms with Gasteiger partial charge < -0.3 is 10.1 Å². The number of benzene rings is 2. The minimum absolute atomic E-state index is 0.429. The van der Waals surface area contributed by atoms with Crippen LogP contribution in [0.1, 0.15) is 22.6 Å². The van der Waals surface area contributed by atoms with Crippen molar-refractivity contribution in [3.8, 4) is 5.75 Å². The Morgan fingerprint density at radius 3 is 2.67 bits per heavy atom. The van der Waals surface area contributed by atoms with Crippen LogP contribution >= 0.6 is 15.9 Å². The van der Waals surface area contributed by atoms with Crippen molar-refractivity contribution in [2.45, 2.75) is 19.3 Å². The van der Waals surface area contributed by atoms with Gasteiger partial charge in [-0.1, -0.05) is 45.8 Å². The third kappa shape index (κ3) is 4.32. The van der Waals surface area contributed by atoms with Gasteiger partial charge in [0.05, 0.1) is 7.11 Å². The molecule has 0 aliphatic carbocycles. The average Bonchev–Trinajstić information content (AvgIpc) is 2.47. The molecule has 0 radical (unpaired) electrons. The van der Waals surface area contributed by atoms with Gasteiger partial charge in [-0.3, -0.25) is 0 Å². The lowest BCUT2D eigenvalue weighted by molar-refractivity contribution is 0.407. The summed E-state index contributed by atoms with van der Waals surface area (Å²) in [4.78, 5) is 0. The Hall–Kier alpha value is -1.32. The van der Waals surface area contributed by atoms with E-state index in [4.69, 9.17) is 4.74 Å². The second-order valence-electron chi connectivity index (χ2n) is 5.33. The predicted molar refractivity (Wildman–Crippen MR) is 92.2 cm³/mol. The maximum absolute atomic E-state index is 5.50. The van der Waals surface area contributed by atoms with Gasteiger partial charge in [0.1, 0.15) is 5.75 Å². The van der Waals surface area contributed by atoms with Crippen molar-refractivity contribution in [1.29, 1.82) is 0 Å². The molecular formula is C18H22BrNO. The first kappa shape index (κ1) is 16.1. The Morgan fingerprint density at radius 1 is 1.19 bits per heavy atom. The highest BCUT2D eigenvalue weighted by atomic mass is 79.9. The number of hydrogen-bond donors (Lipinski definition) is 1. The van der Waals surface area contributed by atoms with E-state index in [1.807, 2.05) is 19.2 Å². The zero-order valence-corrected chi connectivity index (χ0v) is 14.4. The summed E-state index contributed by atoms with van der Waals surface area (Å²) in [5, 5.41) is 3.31. The fourth-order valence-electron chi connectivity index (χ4n) is 2.65. The van der Waals surface area contributed by atoms with Crippen LogP contribution in [0.3, 0.4) is 0 Å². The van der Waals surface area contributed by atoms with E-state index >= 15 is 0 Å². The maximum atomic E-state index is 5.50. The summed E-state index contributed by atoms with van der Waals surface area (Å²) in [6, 6.07) is 14.9. The van der Waals surface area contributed by atoms with E-state index < -0.39 is 0 Å². The summed E-state index contributed by atoms with van der Waals surface area (Å²) in [5.74, 6) is 1.38. The average molecular weight is 348 g/mol. The highest BCUT2D eigenvalue weighted by molar-refractivity contribution is 9.10. The van der Waals surface area contributed by atoms with Gasteiger partial charge in [0.15, 0.2) is 0 Å². The lowest BCUT2D eigenvalue weighted by Crippen LogP contribution is -2.19. The molecule has 0 aromatic heterocycles. The number of likely N-dealkylation sites (N-methyl/N-ethyl adjacent to an activating group) is 1. The van der Waals surface area contributed by atoms with E-state index in [2.05, 4.69) is 58.5 Å². The van der Waals surface area contributed by atoms with Crippen LogP contribution < -0.4 is 10.1 Å². The van der Waals surface area contributed by atoms with Crippen LogP contribution in [-0.4, -0.2) is 20.7 Å². The molecule has 1 N–H and O–H groups in total. The molecule has 0 bridgehead atoms. The van der Waals surface area contributed by atoms with Crippen molar-refractivity contribution < 1.29 is 4.74 Å². The van der Waals surface area contributed by atoms with Crippen molar-refractivity contribution >= 4 is 15.9 Å². The second-order valence-corrected chi connectivity index (χ2v) is 6.24. The molecule has 0 aliphatic rings. The first-order valence-corrected chi connectivity index (χ1v) is 7.97. The Labute approximate surface area is 135 Å². The van der Waals surface area contributed by atoms with E-state index in [1.54, 1.807) is 7.11 Å². The molecule has 0 aliphatic heterocycles. The van der Waals surface area contributed by atoms with Gasteiger partial charge in [-0.05, 0) is 49.7 Å². The number of aryl methyl sites for hydroxylation is 1. The normalized spacial score (nSPS) is 12.2. The van der Waals surface area contributed by atoms with Gasteiger partial charge in [0.2, 0.25) is 0 Å². The quantitative estimate of drug-likeness (QED) is 0.840. The first-order chi connectivity index (χ1) is 10.1. The standard InChI is InChI=1S/C18H22BrNO/c1-13-5-4-6-14(9-13)16(12-20-2)10-15-11-17(19)7-8-18(15)21-3/h4-9,11,16,20H,10,12H2,1-3H3. The van der Waals surface area contributed by atoms with Crippen LogP contribution in [0, 0.1) is 6.92 Å². The molecule has 2 aromatic carbocycles. The lowest BCUT2D eigenvalue weighted by Gasteiger charge is -2.19. The fourth-order valence-corrected chi connectivity index (χ4v) is 3.06. The molecule has 2 nitrogen and oxygen atoms in total. The van der Waals surface area contributed by atoms with Crippen molar-refractivity contribution in [1.82, 2.24) is 5.32 Å². The minimum Gasteiger partial charge on any atom is -0.496 e. The topological polar surface area (TPSA) is 21.3 Å². The molecule has 0 saturated heterocycles. The largest absolute Gasteiger partial charge is 0.496 e. The molecule has 1 atom stereocenters. The number of methoxy groups -OCH3 is 1. The van der Waals surface area contributed by atoms with Crippen molar-refractivity contribution in [3.05, 3.63) is 63.6 Å². The summed E-state index contributed by atoms with van der Waals surface area (Å²) in [6.07, 6.45) is 0.951. The van der Waals surface area contributed by atoms with Crippen LogP contribution in [0.4, 0.5) is 0 Å². The number of hydrogen-bond acceptors (Lipinski definition) is 2. The van der Waals surface area contributed by atoms with Gasteiger partial charge in [-0.25, -0.2) is 0 Å². The molecule has 112 valence electrons. The zero-order chi connectivity index (χ0) is 15.2. The third-order valence-electron chi connectivity index (χ3n) is 3.67. The molecule has 1 unspecified atom stereocenters. The van der Waals surface area contributed by atoms with Gasteiger partial charge in [0, 0.05) is 16.9 Å². The minimum atomic E-state index is 0.429. The number of rotatable bonds is 6. The Bertz CT molecular complexity index is 598. The van der Waals surface area contributed by atoms with Crippen molar-refractivity contribution in [3.63, 3.8) is 0 Å². The van der Waals surface area contributed by atoms with Gasteiger partial charge in [-0.15, -0.1) is 0 Å². The highest BCUT2D eigenvalue weighted by Crippen LogP contribution is 2.29. The van der Waals surface area contributed by atoms with Crippen molar-refractivity contribution in [2.75, 3.05) is 20.7 Å². The van der Waals surface area contributed by atoms with E-state index in [0.29, 0.717) is 5.92 Å². The van der Waals surface area contributed by atoms with E-state index in [0.717, 1.165) is 23.2 Å². The molecule has 0 heterocycles. The third-order valence-corrected chi connectivity index (χ3v) is 4.17. The molecule has 0 spiro atoms. The monoisotopic (exact) mass is 347 g/mol. The van der Waals surface area contributed by atoms with Crippen LogP contribution in [0.5, 0.6) is 5.75 Å². The van der Waals surface area contributed by atoms with E-state index in [9.17, 15) is 0 Å². The van der Waals surface area contributed by atoms with Crippen LogP contribution in [0.15, 0.2) is 46.9 Å². The van der Waals surface area contributed by atoms with Crippen LogP contribution in [0.2, 0.25) is 0 Å². The Kier molecular flexibility index (Phi) is 5.83. The molecule has 21 heavy (non-hydrogen) atoms. The van der Waals surface area contributed by atoms with Crippen LogP contribution in [0.25, 0.3) is 0 Å². The molecular weight excluding hydrogens is 326 g/mol. The molecule has 2 rings (SSSR count). The Balaban J connectivity index is 2.30. The number of nitrogens with one attached hydrogen (secondary N) is 1. The summed E-state index contributed by atoms with van der Waals surface area (Å²) in [6.45, 7) is 3.08. The Morgan fingerprint density at radius 2 is 2.00 bits per heavy atom. The molecule has 2 aromatic rings. The van der Waals surface area contributed by atoms with Gasteiger partial charge in [0.25, 0.3) is 0 Å². The SMILES string of the molecule is CNCC(Cc1cc(Br)ccc1OC)c1cccc(C)c1. The van der Waals surface area contributed by atoms with Crippen molar-refractivity contribution in [2.24, 2.45) is 0 Å². The summed E-state index contributed by atoms with van der Waals surface area (Å²) in [7, 11) is 3.73. The van der Waals surface area contributed by atoms with E-state index in [-0.39, 0.29) is 0 Å². The lowest BCUT2D eigenvalue weighted by atomic mass is 9.90.